The lowest BCUT2D eigenvalue weighted by Gasteiger charge is -2.28. The number of carbonyl (C=O) groups excluding carboxylic acids is 1. The van der Waals surface area contributed by atoms with Gasteiger partial charge in [-0.1, -0.05) is 0 Å². The van der Waals surface area contributed by atoms with Crippen LogP contribution >= 0.6 is 0 Å². The summed E-state index contributed by atoms with van der Waals surface area (Å²) in [6.07, 6.45) is 4.93. The standard InChI is InChI=1S/C17H20N4O2/c1-11-12(8-18)9-20-17-14(11)4-6-21(17)10-13(22)7-15-16(23)3-2-5-19-15/h4,6,9,15-16,19,23H,2-3,5,7,10H2,1H3/t15-,16+/m1/s1. The summed E-state index contributed by atoms with van der Waals surface area (Å²) in [6.45, 7) is 2.96. The van der Waals surface area contributed by atoms with Crippen molar-refractivity contribution in [3.05, 3.63) is 29.6 Å². The molecule has 0 amide bonds. The second kappa shape index (κ2) is 6.49. The molecule has 120 valence electrons. The number of hydrogen-bond donors (Lipinski definition) is 2. The first-order valence-corrected chi connectivity index (χ1v) is 7.88. The van der Waals surface area contributed by atoms with Crippen LogP contribution in [-0.4, -0.2) is 39.1 Å². The Kier molecular flexibility index (Phi) is 4.42. The largest absolute Gasteiger partial charge is 0.391 e. The van der Waals surface area contributed by atoms with Crippen LogP contribution in [0, 0.1) is 18.3 Å². The van der Waals surface area contributed by atoms with Crippen molar-refractivity contribution < 1.29 is 9.90 Å². The third-order valence-corrected chi connectivity index (χ3v) is 4.52. The molecule has 3 rings (SSSR count). The van der Waals surface area contributed by atoms with E-state index < -0.39 is 6.10 Å². The average molecular weight is 312 g/mol. The number of nitrogens with one attached hydrogen (secondary N) is 1. The molecule has 1 aliphatic heterocycles. The minimum absolute atomic E-state index is 0.0600. The predicted octanol–water partition coefficient (Wildman–Crippen LogP) is 1.29. The number of aliphatic hydroxyl groups excluding tert-OH is 1. The van der Waals surface area contributed by atoms with Gasteiger partial charge in [-0.2, -0.15) is 5.26 Å². The number of ketones is 1. The van der Waals surface area contributed by atoms with Crippen molar-refractivity contribution >= 4 is 16.8 Å². The Hall–Kier alpha value is -2.23. The summed E-state index contributed by atoms with van der Waals surface area (Å²) in [5, 5.41) is 23.1. The molecule has 1 saturated heterocycles. The molecule has 1 fully saturated rings. The molecule has 0 aliphatic carbocycles. The fraction of sp³-hybridized carbons (Fsp3) is 0.471. The molecule has 2 atom stereocenters. The van der Waals surface area contributed by atoms with E-state index in [0.717, 1.165) is 30.3 Å². The lowest BCUT2D eigenvalue weighted by molar-refractivity contribution is -0.121. The number of aliphatic hydroxyl groups is 1. The van der Waals surface area contributed by atoms with Gasteiger partial charge in [0.05, 0.1) is 18.2 Å². The summed E-state index contributed by atoms with van der Waals surface area (Å²) in [7, 11) is 0. The molecule has 0 radical (unpaired) electrons. The Morgan fingerprint density at radius 2 is 2.43 bits per heavy atom. The number of pyridine rings is 1. The fourth-order valence-electron chi connectivity index (χ4n) is 3.15. The summed E-state index contributed by atoms with van der Waals surface area (Å²) in [5.74, 6) is 0.0600. The molecule has 0 spiro atoms. The van der Waals surface area contributed by atoms with E-state index in [-0.39, 0.29) is 18.4 Å². The summed E-state index contributed by atoms with van der Waals surface area (Å²) in [6, 6.07) is 3.86. The molecule has 6 heteroatoms. The maximum absolute atomic E-state index is 12.3. The molecule has 0 aromatic carbocycles. The van der Waals surface area contributed by atoms with Crippen LogP contribution in [0.5, 0.6) is 0 Å². The van der Waals surface area contributed by atoms with Crippen LogP contribution in [-0.2, 0) is 11.3 Å². The number of rotatable bonds is 4. The van der Waals surface area contributed by atoms with E-state index in [2.05, 4.69) is 16.4 Å². The van der Waals surface area contributed by atoms with Crippen LogP contribution in [0.1, 0.15) is 30.4 Å². The molecule has 2 N–H and O–H groups in total. The summed E-state index contributed by atoms with van der Waals surface area (Å²) >= 11 is 0. The van der Waals surface area contributed by atoms with Crippen molar-refractivity contribution in [1.29, 1.82) is 5.26 Å². The summed E-state index contributed by atoms with van der Waals surface area (Å²) < 4.78 is 1.81. The van der Waals surface area contributed by atoms with Crippen molar-refractivity contribution in [3.8, 4) is 6.07 Å². The third-order valence-electron chi connectivity index (χ3n) is 4.52. The number of hydrogen-bond acceptors (Lipinski definition) is 5. The molecule has 3 heterocycles. The van der Waals surface area contributed by atoms with Gasteiger partial charge in [-0.25, -0.2) is 4.98 Å². The number of piperidine rings is 1. The normalized spacial score (nSPS) is 21.3. The first-order chi connectivity index (χ1) is 11.1. The first kappa shape index (κ1) is 15.7. The van der Waals surface area contributed by atoms with Gasteiger partial charge in [-0.3, -0.25) is 4.79 Å². The Morgan fingerprint density at radius 1 is 1.61 bits per heavy atom. The van der Waals surface area contributed by atoms with Crippen LogP contribution in [0.2, 0.25) is 0 Å². The van der Waals surface area contributed by atoms with Gasteiger partial charge in [0.25, 0.3) is 0 Å². The summed E-state index contributed by atoms with van der Waals surface area (Å²) in [5.41, 5.74) is 2.15. The van der Waals surface area contributed by atoms with Gasteiger partial charge in [0.2, 0.25) is 0 Å². The first-order valence-electron chi connectivity index (χ1n) is 7.88. The number of aromatic nitrogens is 2. The Morgan fingerprint density at radius 3 is 3.17 bits per heavy atom. The number of Topliss-reactive ketones (excluding diaryl/α,β-unsaturated/α-hetero) is 1. The zero-order valence-corrected chi connectivity index (χ0v) is 13.1. The quantitative estimate of drug-likeness (QED) is 0.887. The lowest BCUT2D eigenvalue weighted by Crippen LogP contribution is -2.46. The molecule has 23 heavy (non-hydrogen) atoms. The van der Waals surface area contributed by atoms with E-state index in [0.29, 0.717) is 17.6 Å². The second-order valence-corrected chi connectivity index (χ2v) is 6.10. The summed E-state index contributed by atoms with van der Waals surface area (Å²) in [4.78, 5) is 16.6. The van der Waals surface area contributed by atoms with Gasteiger partial charge >= 0.3 is 0 Å². The van der Waals surface area contributed by atoms with E-state index in [9.17, 15) is 9.90 Å². The molecular formula is C17H20N4O2. The maximum Gasteiger partial charge on any atom is 0.154 e. The highest BCUT2D eigenvalue weighted by molar-refractivity contribution is 5.85. The third kappa shape index (κ3) is 3.11. The molecule has 6 nitrogen and oxygen atoms in total. The Labute approximate surface area is 134 Å². The van der Waals surface area contributed by atoms with E-state index in [4.69, 9.17) is 5.26 Å². The van der Waals surface area contributed by atoms with Crippen LogP contribution in [0.25, 0.3) is 11.0 Å². The molecule has 0 bridgehead atoms. The molecule has 0 unspecified atom stereocenters. The zero-order valence-electron chi connectivity index (χ0n) is 13.1. The van der Waals surface area contributed by atoms with Crippen molar-refractivity contribution in [2.45, 2.75) is 44.9 Å². The van der Waals surface area contributed by atoms with Gasteiger partial charge in [0, 0.05) is 30.2 Å². The molecular weight excluding hydrogens is 292 g/mol. The number of nitriles is 1. The van der Waals surface area contributed by atoms with Crippen LogP contribution in [0.4, 0.5) is 0 Å². The van der Waals surface area contributed by atoms with Gasteiger partial charge < -0.3 is 15.0 Å². The zero-order chi connectivity index (χ0) is 16.4. The second-order valence-electron chi connectivity index (χ2n) is 6.10. The van der Waals surface area contributed by atoms with E-state index in [1.807, 2.05) is 19.2 Å². The fourth-order valence-corrected chi connectivity index (χ4v) is 3.15. The molecule has 1 aliphatic rings. The van der Waals surface area contributed by atoms with E-state index >= 15 is 0 Å². The highest BCUT2D eigenvalue weighted by atomic mass is 16.3. The van der Waals surface area contributed by atoms with Gasteiger partial charge in [0.1, 0.15) is 11.7 Å². The van der Waals surface area contributed by atoms with Crippen molar-refractivity contribution in [3.63, 3.8) is 0 Å². The van der Waals surface area contributed by atoms with Crippen molar-refractivity contribution in [2.75, 3.05) is 6.54 Å². The highest BCUT2D eigenvalue weighted by Gasteiger charge is 2.25. The molecule has 2 aromatic heterocycles. The van der Waals surface area contributed by atoms with E-state index in [1.54, 1.807) is 10.8 Å². The van der Waals surface area contributed by atoms with Gasteiger partial charge in [0.15, 0.2) is 5.78 Å². The average Bonchev–Trinajstić information content (AvgIpc) is 2.94. The number of fused-ring (bicyclic) bond motifs is 1. The van der Waals surface area contributed by atoms with Crippen LogP contribution in [0.3, 0.4) is 0 Å². The van der Waals surface area contributed by atoms with E-state index in [1.165, 1.54) is 0 Å². The minimum Gasteiger partial charge on any atom is -0.391 e. The van der Waals surface area contributed by atoms with Crippen LogP contribution < -0.4 is 5.32 Å². The van der Waals surface area contributed by atoms with Gasteiger partial charge in [-0.15, -0.1) is 0 Å². The smallest absolute Gasteiger partial charge is 0.154 e. The van der Waals surface area contributed by atoms with Crippen molar-refractivity contribution in [2.24, 2.45) is 0 Å². The Balaban J connectivity index is 1.75. The number of nitrogens with zero attached hydrogens (tertiary/aromatic N) is 3. The lowest BCUT2D eigenvalue weighted by atomic mass is 9.97. The van der Waals surface area contributed by atoms with Crippen molar-refractivity contribution in [1.82, 2.24) is 14.9 Å². The van der Waals surface area contributed by atoms with Gasteiger partial charge in [-0.05, 0) is 37.9 Å². The van der Waals surface area contributed by atoms with Crippen LogP contribution in [0.15, 0.2) is 18.5 Å². The number of carbonyl (C=O) groups is 1. The maximum atomic E-state index is 12.3. The highest BCUT2D eigenvalue weighted by Crippen LogP contribution is 2.21. The SMILES string of the molecule is Cc1c(C#N)cnc2c1ccn2CC(=O)C[C@H]1NCCC[C@@H]1O. The Bertz CT molecular complexity index is 775. The monoisotopic (exact) mass is 312 g/mol. The minimum atomic E-state index is -0.451. The predicted molar refractivity (Wildman–Crippen MR) is 85.8 cm³/mol. The molecule has 0 saturated carbocycles. The topological polar surface area (TPSA) is 90.9 Å². The number of aryl methyl sites for hydroxylation is 1. The molecule has 2 aromatic rings.